The first-order valence-corrected chi connectivity index (χ1v) is 8.37. The van der Waals surface area contributed by atoms with Gasteiger partial charge >= 0.3 is 6.18 Å². The van der Waals surface area contributed by atoms with E-state index in [-0.39, 0.29) is 6.54 Å². The third kappa shape index (κ3) is 4.67. The predicted molar refractivity (Wildman–Crippen MR) is 78.8 cm³/mol. The van der Waals surface area contributed by atoms with Crippen LogP contribution < -0.4 is 10.5 Å². The number of hydrogen-bond donors (Lipinski definition) is 2. The van der Waals surface area contributed by atoms with E-state index in [1.165, 1.54) is 6.07 Å². The summed E-state index contributed by atoms with van der Waals surface area (Å²) in [7, 11) is -4.06. The fraction of sp³-hybridized carbons (Fsp3) is 0.500. The van der Waals surface area contributed by atoms with Gasteiger partial charge in [0.05, 0.1) is 22.1 Å². The molecule has 1 aromatic rings. The lowest BCUT2D eigenvalue weighted by Gasteiger charge is -2.26. The molecule has 9 heteroatoms. The normalized spacial score (nSPS) is 12.9. The molecule has 0 fully saturated rings. The van der Waals surface area contributed by atoms with E-state index in [4.69, 9.17) is 11.0 Å². The maximum Gasteiger partial charge on any atom is 0.417 e. The van der Waals surface area contributed by atoms with Crippen LogP contribution in [0.2, 0.25) is 0 Å². The average Bonchev–Trinajstić information content (AvgIpc) is 2.51. The van der Waals surface area contributed by atoms with Crippen LogP contribution in [0.5, 0.6) is 0 Å². The smallest absolute Gasteiger partial charge is 0.324 e. The van der Waals surface area contributed by atoms with Gasteiger partial charge in [0.15, 0.2) is 0 Å². The third-order valence-electron chi connectivity index (χ3n) is 3.75. The maximum atomic E-state index is 12.7. The zero-order valence-corrected chi connectivity index (χ0v) is 13.6. The molecule has 1 rings (SSSR count). The second-order valence-corrected chi connectivity index (χ2v) is 6.98. The summed E-state index contributed by atoms with van der Waals surface area (Å²) >= 11 is 0. The molecule has 5 nitrogen and oxygen atoms in total. The topological polar surface area (TPSA) is 96.0 Å². The minimum atomic E-state index is -4.72. The molecule has 0 aliphatic heterocycles. The Morgan fingerprint density at radius 1 is 1.26 bits per heavy atom. The van der Waals surface area contributed by atoms with Crippen LogP contribution in [0.3, 0.4) is 0 Å². The molecule has 0 aromatic heterocycles. The summed E-state index contributed by atoms with van der Waals surface area (Å²) in [6, 6.07) is 3.49. The first-order chi connectivity index (χ1) is 10.5. The molecule has 0 amide bonds. The van der Waals surface area contributed by atoms with Gasteiger partial charge in [-0.1, -0.05) is 13.8 Å². The number of nitriles is 1. The Morgan fingerprint density at radius 2 is 1.83 bits per heavy atom. The second kappa shape index (κ2) is 6.86. The molecule has 0 radical (unpaired) electrons. The molecule has 0 aliphatic rings. The molecule has 0 atom stereocenters. The van der Waals surface area contributed by atoms with Crippen LogP contribution >= 0.6 is 0 Å². The molecule has 23 heavy (non-hydrogen) atoms. The van der Waals surface area contributed by atoms with Crippen LogP contribution in [0.1, 0.15) is 37.8 Å². The number of nitrogens with two attached hydrogens (primary N) is 1. The molecule has 0 saturated carbocycles. The summed E-state index contributed by atoms with van der Waals surface area (Å²) in [4.78, 5) is -0.406. The van der Waals surface area contributed by atoms with Crippen molar-refractivity contribution < 1.29 is 21.6 Å². The van der Waals surface area contributed by atoms with Crippen LogP contribution in [0.4, 0.5) is 13.2 Å². The number of benzene rings is 1. The summed E-state index contributed by atoms with van der Waals surface area (Å²) in [5.41, 5.74) is 3.33. The summed E-state index contributed by atoms with van der Waals surface area (Å²) in [5, 5.41) is 8.82. The predicted octanol–water partition coefficient (Wildman–Crippen LogP) is 2.37. The van der Waals surface area contributed by atoms with Gasteiger partial charge in [0.2, 0.25) is 10.0 Å². The van der Waals surface area contributed by atoms with E-state index in [0.29, 0.717) is 25.0 Å². The zero-order valence-electron chi connectivity index (χ0n) is 12.7. The standard InChI is InChI=1S/C14H18F3N3O2S/c1-3-13(19,4-2)9-20-23(21,22)11-5-6-12(14(15,16)17)10(7-11)8-18/h5-7,20H,3-4,9,19H2,1-2H3. The molecule has 0 bridgehead atoms. The van der Waals surface area contributed by atoms with Crippen molar-refractivity contribution in [2.75, 3.05) is 6.54 Å². The number of halogens is 3. The average molecular weight is 349 g/mol. The number of hydrogen-bond acceptors (Lipinski definition) is 4. The Hall–Kier alpha value is -1.63. The minimum absolute atomic E-state index is 0.0504. The van der Waals surface area contributed by atoms with E-state index < -0.39 is 37.8 Å². The minimum Gasteiger partial charge on any atom is -0.324 e. The van der Waals surface area contributed by atoms with E-state index in [1.54, 1.807) is 0 Å². The molecule has 1 aromatic carbocycles. The molecule has 0 saturated heterocycles. The number of sulfonamides is 1. The Morgan fingerprint density at radius 3 is 2.26 bits per heavy atom. The van der Waals surface area contributed by atoms with Crippen molar-refractivity contribution in [1.29, 1.82) is 5.26 Å². The number of rotatable bonds is 6. The van der Waals surface area contributed by atoms with Crippen molar-refractivity contribution in [3.05, 3.63) is 29.3 Å². The number of nitrogens with one attached hydrogen (secondary N) is 1. The zero-order chi connectivity index (χ0) is 17.9. The Bertz CT molecular complexity index is 705. The lowest BCUT2D eigenvalue weighted by molar-refractivity contribution is -0.137. The lowest BCUT2D eigenvalue weighted by atomic mass is 9.95. The highest BCUT2D eigenvalue weighted by atomic mass is 32.2. The van der Waals surface area contributed by atoms with Gasteiger partial charge < -0.3 is 5.73 Å². The van der Waals surface area contributed by atoms with Crippen molar-refractivity contribution >= 4 is 10.0 Å². The first-order valence-electron chi connectivity index (χ1n) is 6.89. The second-order valence-electron chi connectivity index (χ2n) is 5.21. The van der Waals surface area contributed by atoms with Crippen molar-refractivity contribution in [2.45, 2.75) is 43.3 Å². The molecule has 0 heterocycles. The molecule has 0 spiro atoms. The molecule has 0 unspecified atom stereocenters. The summed E-state index contributed by atoms with van der Waals surface area (Å²) in [6.07, 6.45) is -3.66. The van der Waals surface area contributed by atoms with E-state index in [9.17, 15) is 21.6 Å². The summed E-state index contributed by atoms with van der Waals surface area (Å²) < 4.78 is 64.8. The van der Waals surface area contributed by atoms with Crippen LogP contribution in [0.15, 0.2) is 23.1 Å². The monoisotopic (exact) mass is 349 g/mol. The van der Waals surface area contributed by atoms with Crippen LogP contribution in [0.25, 0.3) is 0 Å². The maximum absolute atomic E-state index is 12.7. The van der Waals surface area contributed by atoms with Gasteiger partial charge in [0.1, 0.15) is 0 Å². The fourth-order valence-corrected chi connectivity index (χ4v) is 3.02. The Kier molecular flexibility index (Phi) is 5.79. The van der Waals surface area contributed by atoms with Crippen molar-refractivity contribution in [1.82, 2.24) is 4.72 Å². The van der Waals surface area contributed by atoms with Gasteiger partial charge in [0.25, 0.3) is 0 Å². The Labute approximate surface area is 133 Å². The van der Waals surface area contributed by atoms with Gasteiger partial charge in [-0.2, -0.15) is 18.4 Å². The Balaban J connectivity index is 3.14. The van der Waals surface area contributed by atoms with Gasteiger partial charge in [-0.3, -0.25) is 0 Å². The number of nitrogens with zero attached hydrogens (tertiary/aromatic N) is 1. The lowest BCUT2D eigenvalue weighted by Crippen LogP contribution is -2.49. The molecule has 0 aliphatic carbocycles. The molecular formula is C14H18F3N3O2S. The SMILES string of the molecule is CCC(N)(CC)CNS(=O)(=O)c1ccc(C(F)(F)F)c(C#N)c1. The van der Waals surface area contributed by atoms with Gasteiger partial charge in [-0.15, -0.1) is 0 Å². The van der Waals surface area contributed by atoms with Gasteiger partial charge in [-0.25, -0.2) is 13.1 Å². The van der Waals surface area contributed by atoms with Crippen LogP contribution in [-0.4, -0.2) is 20.5 Å². The summed E-state index contributed by atoms with van der Waals surface area (Å²) in [5.74, 6) is 0. The summed E-state index contributed by atoms with van der Waals surface area (Å²) in [6.45, 7) is 3.57. The fourth-order valence-electron chi connectivity index (χ4n) is 1.85. The highest BCUT2D eigenvalue weighted by Crippen LogP contribution is 2.32. The van der Waals surface area contributed by atoms with E-state index >= 15 is 0 Å². The molecular weight excluding hydrogens is 331 g/mol. The van der Waals surface area contributed by atoms with Crippen molar-refractivity contribution in [3.63, 3.8) is 0 Å². The third-order valence-corrected chi connectivity index (χ3v) is 5.15. The van der Waals surface area contributed by atoms with Gasteiger partial charge in [-0.05, 0) is 31.0 Å². The van der Waals surface area contributed by atoms with Crippen molar-refractivity contribution in [3.8, 4) is 6.07 Å². The number of alkyl halides is 3. The first kappa shape index (κ1) is 19.4. The highest BCUT2D eigenvalue weighted by molar-refractivity contribution is 7.89. The van der Waals surface area contributed by atoms with Crippen molar-refractivity contribution in [2.24, 2.45) is 5.73 Å². The quantitative estimate of drug-likeness (QED) is 0.824. The molecule has 3 N–H and O–H groups in total. The van der Waals surface area contributed by atoms with E-state index in [2.05, 4.69) is 4.72 Å². The van der Waals surface area contributed by atoms with E-state index in [1.807, 2.05) is 13.8 Å². The molecule has 128 valence electrons. The highest BCUT2D eigenvalue weighted by Gasteiger charge is 2.34. The van der Waals surface area contributed by atoms with Crippen LogP contribution in [0, 0.1) is 11.3 Å². The van der Waals surface area contributed by atoms with Gasteiger partial charge in [0, 0.05) is 12.1 Å². The van der Waals surface area contributed by atoms with Crippen LogP contribution in [-0.2, 0) is 16.2 Å². The van der Waals surface area contributed by atoms with E-state index in [0.717, 1.165) is 6.07 Å². The largest absolute Gasteiger partial charge is 0.417 e.